The smallest absolute Gasteiger partial charge is 0.222 e. The normalized spacial score (nSPS) is 25.0. The third-order valence-electron chi connectivity index (χ3n) is 5.47. The monoisotopic (exact) mass is 331 g/mol. The van der Waals surface area contributed by atoms with Gasteiger partial charge in [0.25, 0.3) is 0 Å². The number of para-hydroxylation sites is 1. The minimum absolute atomic E-state index is 0.223. The van der Waals surface area contributed by atoms with Crippen molar-refractivity contribution >= 4 is 5.91 Å². The molecule has 2 aliphatic rings. The molecule has 1 saturated carbocycles. The summed E-state index contributed by atoms with van der Waals surface area (Å²) in [5.74, 6) is 1.62. The Balaban J connectivity index is 1.47. The highest BCUT2D eigenvalue weighted by molar-refractivity contribution is 5.76. The highest BCUT2D eigenvalue weighted by Crippen LogP contribution is 2.27. The van der Waals surface area contributed by atoms with Gasteiger partial charge in [0.2, 0.25) is 5.91 Å². The fourth-order valence-corrected chi connectivity index (χ4v) is 3.90. The molecule has 24 heavy (non-hydrogen) atoms. The van der Waals surface area contributed by atoms with E-state index in [9.17, 15) is 4.79 Å². The number of benzene rings is 1. The molecule has 1 aliphatic carbocycles. The van der Waals surface area contributed by atoms with Crippen LogP contribution in [0.4, 0.5) is 0 Å². The SMILES string of the molecule is COc1ccccc1CN1CCN(C(=O)C[C@@H]2CCC[C@H]2N)CC1. The highest BCUT2D eigenvalue weighted by Gasteiger charge is 2.29. The minimum Gasteiger partial charge on any atom is -0.496 e. The lowest BCUT2D eigenvalue weighted by Gasteiger charge is -2.35. The number of hydrogen-bond donors (Lipinski definition) is 1. The first-order valence-electron chi connectivity index (χ1n) is 9.05. The molecule has 2 atom stereocenters. The molecule has 3 rings (SSSR count). The lowest BCUT2D eigenvalue weighted by molar-refractivity contribution is -0.134. The lowest BCUT2D eigenvalue weighted by Crippen LogP contribution is -2.49. The number of carbonyl (C=O) groups excluding carboxylic acids is 1. The van der Waals surface area contributed by atoms with Gasteiger partial charge in [0, 0.05) is 50.7 Å². The van der Waals surface area contributed by atoms with E-state index < -0.39 is 0 Å². The minimum atomic E-state index is 0.223. The van der Waals surface area contributed by atoms with Crippen molar-refractivity contribution in [1.82, 2.24) is 9.80 Å². The zero-order valence-electron chi connectivity index (χ0n) is 14.6. The van der Waals surface area contributed by atoms with E-state index in [1.54, 1.807) is 7.11 Å². The van der Waals surface area contributed by atoms with Gasteiger partial charge in [0.15, 0.2) is 0 Å². The Morgan fingerprint density at radius 3 is 2.62 bits per heavy atom. The van der Waals surface area contributed by atoms with Crippen LogP contribution in [0.2, 0.25) is 0 Å². The van der Waals surface area contributed by atoms with Crippen molar-refractivity contribution in [3.63, 3.8) is 0 Å². The van der Waals surface area contributed by atoms with Gasteiger partial charge in [-0.2, -0.15) is 0 Å². The number of carbonyl (C=O) groups is 1. The van der Waals surface area contributed by atoms with Gasteiger partial charge in [-0.15, -0.1) is 0 Å². The molecule has 1 saturated heterocycles. The summed E-state index contributed by atoms with van der Waals surface area (Å²) in [5, 5.41) is 0. The summed E-state index contributed by atoms with van der Waals surface area (Å²) in [6, 6.07) is 8.37. The molecular weight excluding hydrogens is 302 g/mol. The number of hydrogen-bond acceptors (Lipinski definition) is 4. The molecule has 1 aromatic carbocycles. The Morgan fingerprint density at radius 1 is 1.21 bits per heavy atom. The predicted molar refractivity (Wildman–Crippen MR) is 94.8 cm³/mol. The second kappa shape index (κ2) is 7.99. The first-order valence-corrected chi connectivity index (χ1v) is 9.05. The summed E-state index contributed by atoms with van der Waals surface area (Å²) in [5.41, 5.74) is 7.31. The molecule has 0 unspecified atom stereocenters. The van der Waals surface area contributed by atoms with Gasteiger partial charge in [-0.1, -0.05) is 24.6 Å². The summed E-state index contributed by atoms with van der Waals surface area (Å²) < 4.78 is 5.43. The van der Waals surface area contributed by atoms with Crippen LogP contribution in [0, 0.1) is 5.92 Å². The van der Waals surface area contributed by atoms with Crippen molar-refractivity contribution in [3.05, 3.63) is 29.8 Å². The van der Waals surface area contributed by atoms with Gasteiger partial charge in [0.05, 0.1) is 7.11 Å². The van der Waals surface area contributed by atoms with E-state index in [0.717, 1.165) is 51.3 Å². The maximum Gasteiger partial charge on any atom is 0.222 e. The Morgan fingerprint density at radius 2 is 1.96 bits per heavy atom. The molecule has 2 N–H and O–H groups in total. The number of methoxy groups -OCH3 is 1. The van der Waals surface area contributed by atoms with Gasteiger partial charge >= 0.3 is 0 Å². The summed E-state index contributed by atoms with van der Waals surface area (Å²) >= 11 is 0. The first-order chi connectivity index (χ1) is 11.7. The third-order valence-corrected chi connectivity index (χ3v) is 5.47. The first kappa shape index (κ1) is 17.2. The van der Waals surface area contributed by atoms with Crippen LogP contribution in [-0.2, 0) is 11.3 Å². The van der Waals surface area contributed by atoms with E-state index >= 15 is 0 Å². The Bertz CT molecular complexity index is 555. The van der Waals surface area contributed by atoms with Crippen LogP contribution < -0.4 is 10.5 Å². The summed E-state index contributed by atoms with van der Waals surface area (Å²) in [6.07, 6.45) is 3.99. The molecule has 0 bridgehead atoms. The number of piperazine rings is 1. The fraction of sp³-hybridized carbons (Fsp3) is 0.632. The molecule has 0 spiro atoms. The Hall–Kier alpha value is -1.59. The molecule has 132 valence electrons. The third kappa shape index (κ3) is 4.08. The van der Waals surface area contributed by atoms with Crippen molar-refractivity contribution in [3.8, 4) is 5.75 Å². The zero-order chi connectivity index (χ0) is 16.9. The standard InChI is InChI=1S/C19H29N3O2/c1-24-18-8-3-2-5-16(18)14-21-9-11-22(12-10-21)19(23)13-15-6-4-7-17(15)20/h2-3,5,8,15,17H,4,6-7,9-14,20H2,1H3/t15-,17+/m0/s1. The average molecular weight is 331 g/mol. The van der Waals surface area contributed by atoms with Crippen LogP contribution >= 0.6 is 0 Å². The molecule has 5 nitrogen and oxygen atoms in total. The van der Waals surface area contributed by atoms with Crippen LogP contribution in [0.25, 0.3) is 0 Å². The van der Waals surface area contributed by atoms with Crippen LogP contribution in [0.1, 0.15) is 31.2 Å². The molecule has 0 aromatic heterocycles. The largest absolute Gasteiger partial charge is 0.496 e. The number of nitrogens with zero attached hydrogens (tertiary/aromatic N) is 2. The summed E-state index contributed by atoms with van der Waals surface area (Å²) in [4.78, 5) is 16.9. The predicted octanol–water partition coefficient (Wildman–Crippen LogP) is 1.86. The van der Waals surface area contributed by atoms with E-state index in [1.807, 2.05) is 23.1 Å². The van der Waals surface area contributed by atoms with E-state index in [4.69, 9.17) is 10.5 Å². The van der Waals surface area contributed by atoms with Crippen molar-refractivity contribution in [2.24, 2.45) is 11.7 Å². The maximum absolute atomic E-state index is 12.5. The van der Waals surface area contributed by atoms with E-state index in [-0.39, 0.29) is 11.9 Å². The number of rotatable bonds is 5. The topological polar surface area (TPSA) is 58.8 Å². The molecule has 0 radical (unpaired) electrons. The average Bonchev–Trinajstić information content (AvgIpc) is 3.01. The number of amides is 1. The van der Waals surface area contributed by atoms with Crippen molar-refractivity contribution in [2.75, 3.05) is 33.3 Å². The van der Waals surface area contributed by atoms with E-state index in [0.29, 0.717) is 12.3 Å². The Kier molecular flexibility index (Phi) is 5.74. The second-order valence-electron chi connectivity index (χ2n) is 7.03. The van der Waals surface area contributed by atoms with E-state index in [1.165, 1.54) is 12.0 Å². The molecule has 5 heteroatoms. The van der Waals surface area contributed by atoms with Crippen LogP contribution in [0.15, 0.2) is 24.3 Å². The van der Waals surface area contributed by atoms with Gasteiger partial charge < -0.3 is 15.4 Å². The van der Waals surface area contributed by atoms with Crippen molar-refractivity contribution < 1.29 is 9.53 Å². The van der Waals surface area contributed by atoms with Crippen LogP contribution in [-0.4, -0.2) is 55.0 Å². The van der Waals surface area contributed by atoms with E-state index in [2.05, 4.69) is 11.0 Å². The molecule has 1 aromatic rings. The molecule has 1 heterocycles. The maximum atomic E-state index is 12.5. The van der Waals surface area contributed by atoms with Crippen molar-refractivity contribution in [1.29, 1.82) is 0 Å². The number of nitrogens with two attached hydrogens (primary N) is 1. The molecular formula is C19H29N3O2. The van der Waals surface area contributed by atoms with Crippen LogP contribution in [0.3, 0.4) is 0 Å². The second-order valence-corrected chi connectivity index (χ2v) is 7.03. The van der Waals surface area contributed by atoms with Gasteiger partial charge in [-0.3, -0.25) is 9.69 Å². The van der Waals surface area contributed by atoms with Gasteiger partial charge in [-0.05, 0) is 24.8 Å². The molecule has 1 amide bonds. The molecule has 2 fully saturated rings. The lowest BCUT2D eigenvalue weighted by atomic mass is 9.99. The summed E-state index contributed by atoms with van der Waals surface area (Å²) in [6.45, 7) is 4.34. The quantitative estimate of drug-likeness (QED) is 0.895. The zero-order valence-corrected chi connectivity index (χ0v) is 14.6. The van der Waals surface area contributed by atoms with Gasteiger partial charge in [-0.25, -0.2) is 0 Å². The highest BCUT2D eigenvalue weighted by atomic mass is 16.5. The number of ether oxygens (including phenoxy) is 1. The fourth-order valence-electron chi connectivity index (χ4n) is 3.90. The Labute approximate surface area is 144 Å². The molecule has 1 aliphatic heterocycles. The van der Waals surface area contributed by atoms with Gasteiger partial charge in [0.1, 0.15) is 5.75 Å². The van der Waals surface area contributed by atoms with Crippen LogP contribution in [0.5, 0.6) is 5.75 Å². The van der Waals surface area contributed by atoms with Crippen molar-refractivity contribution in [2.45, 2.75) is 38.3 Å². The summed E-state index contributed by atoms with van der Waals surface area (Å²) in [7, 11) is 1.71.